The van der Waals surface area contributed by atoms with Crippen LogP contribution >= 0.6 is 11.6 Å². The van der Waals surface area contributed by atoms with Gasteiger partial charge in [-0.2, -0.15) is 0 Å². The Balaban J connectivity index is 2.08. The molecule has 0 unspecified atom stereocenters. The monoisotopic (exact) mass is 376 g/mol. The average Bonchev–Trinajstić information content (AvgIpc) is 2.63. The van der Waals surface area contributed by atoms with Crippen LogP contribution in [-0.2, 0) is 9.53 Å². The molecular formula is C19H21ClN2O4. The molecule has 0 saturated heterocycles. The number of aryl methyl sites for hydroxylation is 2. The molecule has 26 heavy (non-hydrogen) atoms. The Labute approximate surface area is 157 Å². The van der Waals surface area contributed by atoms with Crippen LogP contribution in [0.25, 0.3) is 0 Å². The van der Waals surface area contributed by atoms with E-state index in [4.69, 9.17) is 21.1 Å². The van der Waals surface area contributed by atoms with E-state index in [-0.39, 0.29) is 12.5 Å². The first-order valence-electron chi connectivity index (χ1n) is 7.92. The summed E-state index contributed by atoms with van der Waals surface area (Å²) < 4.78 is 9.96. The van der Waals surface area contributed by atoms with Gasteiger partial charge < -0.3 is 20.1 Å². The molecule has 0 fully saturated rings. The number of hydrogen-bond donors (Lipinski definition) is 2. The highest BCUT2D eigenvalue weighted by molar-refractivity contribution is 6.31. The number of amides is 1. The third kappa shape index (κ3) is 4.67. The molecule has 0 aromatic heterocycles. The van der Waals surface area contributed by atoms with E-state index < -0.39 is 5.97 Å². The van der Waals surface area contributed by atoms with Gasteiger partial charge in [0.1, 0.15) is 5.75 Å². The fourth-order valence-corrected chi connectivity index (χ4v) is 2.51. The largest absolute Gasteiger partial charge is 0.495 e. The Morgan fingerprint density at radius 2 is 1.77 bits per heavy atom. The second-order valence-corrected chi connectivity index (χ2v) is 6.13. The number of halogens is 1. The van der Waals surface area contributed by atoms with Gasteiger partial charge in [-0.15, -0.1) is 0 Å². The zero-order chi connectivity index (χ0) is 19.3. The molecule has 0 atom stereocenters. The summed E-state index contributed by atoms with van der Waals surface area (Å²) in [4.78, 5) is 23.9. The highest BCUT2D eigenvalue weighted by Crippen LogP contribution is 2.30. The smallest absolute Gasteiger partial charge is 0.337 e. The Bertz CT molecular complexity index is 837. The summed E-state index contributed by atoms with van der Waals surface area (Å²) >= 11 is 6.07. The van der Waals surface area contributed by atoms with E-state index in [0.717, 1.165) is 11.1 Å². The lowest BCUT2D eigenvalue weighted by atomic mass is 10.1. The van der Waals surface area contributed by atoms with E-state index in [9.17, 15) is 9.59 Å². The molecule has 0 aliphatic heterocycles. The molecule has 0 aliphatic rings. The second kappa shape index (κ2) is 8.58. The molecule has 2 aromatic rings. The minimum absolute atomic E-state index is 0.0241. The van der Waals surface area contributed by atoms with Crippen LogP contribution in [0.2, 0.25) is 5.02 Å². The maximum absolute atomic E-state index is 12.3. The van der Waals surface area contributed by atoms with Crippen molar-refractivity contribution < 1.29 is 19.1 Å². The van der Waals surface area contributed by atoms with Crippen LogP contribution in [0, 0.1) is 13.8 Å². The summed E-state index contributed by atoms with van der Waals surface area (Å²) in [6.45, 7) is 3.75. The Morgan fingerprint density at radius 3 is 2.42 bits per heavy atom. The summed E-state index contributed by atoms with van der Waals surface area (Å²) in [6, 6.07) is 8.53. The van der Waals surface area contributed by atoms with Gasteiger partial charge in [-0.05, 0) is 43.2 Å². The number of carbonyl (C=O) groups is 2. The molecule has 7 heteroatoms. The van der Waals surface area contributed by atoms with Gasteiger partial charge >= 0.3 is 5.97 Å². The predicted octanol–water partition coefficient (Wildman–Crippen LogP) is 3.80. The predicted molar refractivity (Wildman–Crippen MR) is 102 cm³/mol. The van der Waals surface area contributed by atoms with Crippen molar-refractivity contribution in [3.8, 4) is 5.75 Å². The van der Waals surface area contributed by atoms with Crippen LogP contribution in [-0.4, -0.2) is 32.6 Å². The maximum Gasteiger partial charge on any atom is 0.337 e. The molecule has 2 rings (SSSR count). The standard InChI is InChI=1S/C19H21ClN2O4/c1-11-5-6-13(19(24)26-4)8-15(11)21-10-18(23)22-16-7-12(2)14(20)9-17(16)25-3/h5-9,21H,10H2,1-4H3,(H,22,23). The molecule has 2 aromatic carbocycles. The van der Waals surface area contributed by atoms with E-state index in [0.29, 0.717) is 27.7 Å². The summed E-state index contributed by atoms with van der Waals surface area (Å²) in [5, 5.41) is 6.38. The molecule has 138 valence electrons. The van der Waals surface area contributed by atoms with Crippen LogP contribution in [0.4, 0.5) is 11.4 Å². The van der Waals surface area contributed by atoms with Gasteiger partial charge in [-0.25, -0.2) is 4.79 Å². The molecule has 0 heterocycles. The molecule has 0 saturated carbocycles. The molecule has 6 nitrogen and oxygen atoms in total. The van der Waals surface area contributed by atoms with E-state index in [2.05, 4.69) is 10.6 Å². The van der Waals surface area contributed by atoms with E-state index in [1.165, 1.54) is 14.2 Å². The summed E-state index contributed by atoms with van der Waals surface area (Å²) in [5.74, 6) is -0.204. The van der Waals surface area contributed by atoms with E-state index in [1.54, 1.807) is 30.3 Å². The first-order chi connectivity index (χ1) is 12.3. The number of benzene rings is 2. The topological polar surface area (TPSA) is 76.7 Å². The molecule has 0 radical (unpaired) electrons. The van der Waals surface area contributed by atoms with Crippen molar-refractivity contribution in [2.24, 2.45) is 0 Å². The van der Waals surface area contributed by atoms with E-state index >= 15 is 0 Å². The van der Waals surface area contributed by atoms with Gasteiger partial charge in [0.25, 0.3) is 0 Å². The van der Waals surface area contributed by atoms with Crippen LogP contribution in [0.15, 0.2) is 30.3 Å². The van der Waals surface area contributed by atoms with Gasteiger partial charge in [0, 0.05) is 16.8 Å². The summed E-state index contributed by atoms with van der Waals surface area (Å²) in [5.41, 5.74) is 3.38. The summed E-state index contributed by atoms with van der Waals surface area (Å²) in [7, 11) is 2.83. The summed E-state index contributed by atoms with van der Waals surface area (Å²) in [6.07, 6.45) is 0. The minimum Gasteiger partial charge on any atom is -0.495 e. The number of methoxy groups -OCH3 is 2. The Hall–Kier alpha value is -2.73. The molecule has 0 bridgehead atoms. The first kappa shape index (κ1) is 19.6. The van der Waals surface area contributed by atoms with Crippen LogP contribution in [0.1, 0.15) is 21.5 Å². The van der Waals surface area contributed by atoms with Crippen molar-refractivity contribution in [1.82, 2.24) is 0 Å². The van der Waals surface area contributed by atoms with Crippen molar-refractivity contribution in [1.29, 1.82) is 0 Å². The molecule has 1 amide bonds. The number of anilines is 2. The molecule has 0 spiro atoms. The van der Waals surface area contributed by atoms with Gasteiger partial charge in [0.15, 0.2) is 0 Å². The zero-order valence-electron chi connectivity index (χ0n) is 15.1. The molecular weight excluding hydrogens is 356 g/mol. The normalized spacial score (nSPS) is 10.2. The zero-order valence-corrected chi connectivity index (χ0v) is 15.9. The average molecular weight is 377 g/mol. The fraction of sp³-hybridized carbons (Fsp3) is 0.263. The molecule has 0 aliphatic carbocycles. The fourth-order valence-electron chi connectivity index (χ4n) is 2.36. The number of ether oxygens (including phenoxy) is 2. The number of nitrogens with one attached hydrogen (secondary N) is 2. The SMILES string of the molecule is COC(=O)c1ccc(C)c(NCC(=O)Nc2cc(C)c(Cl)cc2OC)c1. The van der Waals surface area contributed by atoms with Crippen molar-refractivity contribution in [2.75, 3.05) is 31.4 Å². The Kier molecular flexibility index (Phi) is 6.46. The van der Waals surface area contributed by atoms with Gasteiger partial charge in [-0.3, -0.25) is 4.79 Å². The number of carbonyl (C=O) groups excluding carboxylic acids is 2. The number of esters is 1. The van der Waals surface area contributed by atoms with Gasteiger partial charge in [0.2, 0.25) is 5.91 Å². The van der Waals surface area contributed by atoms with Crippen LogP contribution < -0.4 is 15.4 Å². The quantitative estimate of drug-likeness (QED) is 0.750. The van der Waals surface area contributed by atoms with Crippen molar-refractivity contribution >= 4 is 34.9 Å². The molecule has 2 N–H and O–H groups in total. The van der Waals surface area contributed by atoms with Crippen molar-refractivity contribution in [3.63, 3.8) is 0 Å². The van der Waals surface area contributed by atoms with E-state index in [1.807, 2.05) is 13.8 Å². The maximum atomic E-state index is 12.3. The van der Waals surface area contributed by atoms with Crippen LogP contribution in [0.3, 0.4) is 0 Å². The first-order valence-corrected chi connectivity index (χ1v) is 8.30. The van der Waals surface area contributed by atoms with Crippen molar-refractivity contribution in [2.45, 2.75) is 13.8 Å². The second-order valence-electron chi connectivity index (χ2n) is 5.72. The highest BCUT2D eigenvalue weighted by atomic mass is 35.5. The Morgan fingerprint density at radius 1 is 1.04 bits per heavy atom. The third-order valence-corrected chi connectivity index (χ3v) is 4.26. The third-order valence-electron chi connectivity index (χ3n) is 3.85. The number of rotatable bonds is 6. The van der Waals surface area contributed by atoms with Crippen molar-refractivity contribution in [3.05, 3.63) is 52.0 Å². The lowest BCUT2D eigenvalue weighted by Crippen LogP contribution is -2.22. The van der Waals surface area contributed by atoms with Gasteiger partial charge in [-0.1, -0.05) is 17.7 Å². The lowest BCUT2D eigenvalue weighted by molar-refractivity contribution is -0.114. The highest BCUT2D eigenvalue weighted by Gasteiger charge is 2.12. The lowest BCUT2D eigenvalue weighted by Gasteiger charge is -2.14. The van der Waals surface area contributed by atoms with Crippen LogP contribution in [0.5, 0.6) is 5.75 Å². The number of hydrogen-bond acceptors (Lipinski definition) is 5. The minimum atomic E-state index is -0.432. The van der Waals surface area contributed by atoms with Gasteiger partial charge in [0.05, 0.1) is 32.0 Å².